The minimum Gasteiger partial charge on any atom is -0.493 e. The number of hydrogen-bond donors (Lipinski definition) is 1. The van der Waals surface area contributed by atoms with Crippen LogP contribution in [0.15, 0.2) is 12.1 Å². The van der Waals surface area contributed by atoms with Gasteiger partial charge >= 0.3 is 0 Å². The Bertz CT molecular complexity index is 453. The van der Waals surface area contributed by atoms with Gasteiger partial charge in [0.15, 0.2) is 11.5 Å². The van der Waals surface area contributed by atoms with Gasteiger partial charge in [0.2, 0.25) is 5.75 Å². The first kappa shape index (κ1) is 12.9. The summed E-state index contributed by atoms with van der Waals surface area (Å²) in [7, 11) is 4.30. The zero-order chi connectivity index (χ0) is 13.6. The fourth-order valence-corrected chi connectivity index (χ4v) is 1.96. The number of alkyl halides is 2. The van der Waals surface area contributed by atoms with Gasteiger partial charge in [-0.3, -0.25) is 0 Å². The molecular weight excluding hydrogens is 244 g/mol. The molecule has 2 rings (SSSR count). The summed E-state index contributed by atoms with van der Waals surface area (Å²) in [5, 5.41) is 0. The first-order valence-corrected chi connectivity index (χ1v) is 5.37. The molecule has 0 amide bonds. The van der Waals surface area contributed by atoms with Gasteiger partial charge in [0.05, 0.1) is 21.3 Å². The summed E-state index contributed by atoms with van der Waals surface area (Å²) in [6.07, 6.45) is -0.376. The van der Waals surface area contributed by atoms with Crippen LogP contribution in [0.1, 0.15) is 12.0 Å². The Hall–Kier alpha value is -1.56. The van der Waals surface area contributed by atoms with E-state index in [1.54, 1.807) is 0 Å². The van der Waals surface area contributed by atoms with E-state index in [1.807, 2.05) is 0 Å². The first-order chi connectivity index (χ1) is 8.39. The molecule has 18 heavy (non-hydrogen) atoms. The van der Waals surface area contributed by atoms with Crippen LogP contribution >= 0.6 is 0 Å². The van der Waals surface area contributed by atoms with Gasteiger partial charge in [0.25, 0.3) is 5.92 Å². The van der Waals surface area contributed by atoms with Crippen LogP contribution in [0, 0.1) is 0 Å². The molecule has 1 aromatic carbocycles. The lowest BCUT2D eigenvalue weighted by Gasteiger charge is -2.17. The van der Waals surface area contributed by atoms with Crippen LogP contribution in [-0.4, -0.2) is 27.3 Å². The molecule has 1 unspecified atom stereocenters. The van der Waals surface area contributed by atoms with E-state index in [-0.39, 0.29) is 12.0 Å². The molecular formula is C12H15F2NO3. The number of methoxy groups -OCH3 is 3. The molecule has 100 valence electrons. The molecule has 0 bridgehead atoms. The molecule has 1 aromatic rings. The van der Waals surface area contributed by atoms with Crippen LogP contribution < -0.4 is 19.9 Å². The SMILES string of the molecule is COc1cc(C2(N)CC2(F)F)cc(OC)c1OC. The zero-order valence-electron chi connectivity index (χ0n) is 10.4. The van der Waals surface area contributed by atoms with E-state index in [2.05, 4.69) is 0 Å². The van der Waals surface area contributed by atoms with Crippen LogP contribution in [0.5, 0.6) is 17.2 Å². The molecule has 0 aliphatic heterocycles. The third-order valence-corrected chi connectivity index (χ3v) is 3.21. The van der Waals surface area contributed by atoms with E-state index in [0.717, 1.165) is 0 Å². The monoisotopic (exact) mass is 259 g/mol. The summed E-state index contributed by atoms with van der Waals surface area (Å²) in [4.78, 5) is 0. The number of halogens is 2. The average molecular weight is 259 g/mol. The minimum absolute atomic E-state index is 0.280. The quantitative estimate of drug-likeness (QED) is 0.897. The maximum Gasteiger partial charge on any atom is 0.272 e. The van der Waals surface area contributed by atoms with Crippen molar-refractivity contribution in [3.63, 3.8) is 0 Å². The Morgan fingerprint density at radius 2 is 1.50 bits per heavy atom. The Balaban J connectivity index is 2.52. The predicted octanol–water partition coefficient (Wildman–Crippen LogP) is 1.91. The first-order valence-electron chi connectivity index (χ1n) is 5.37. The lowest BCUT2D eigenvalue weighted by Crippen LogP contribution is -2.27. The molecule has 1 saturated carbocycles. The molecule has 0 radical (unpaired) electrons. The Morgan fingerprint density at radius 3 is 1.78 bits per heavy atom. The molecule has 1 fully saturated rings. The standard InChI is InChI=1S/C12H15F2NO3/c1-16-8-4-7(11(15)6-12(11,13)14)5-9(17-2)10(8)18-3/h4-5H,6,15H2,1-3H3. The van der Waals surface area contributed by atoms with E-state index in [0.29, 0.717) is 17.2 Å². The summed E-state index contributed by atoms with van der Waals surface area (Å²) in [5.74, 6) is -1.90. The summed E-state index contributed by atoms with van der Waals surface area (Å²) in [6, 6.07) is 2.92. The molecule has 0 saturated heterocycles. The molecule has 6 heteroatoms. The van der Waals surface area contributed by atoms with Crippen molar-refractivity contribution in [3.05, 3.63) is 17.7 Å². The highest BCUT2D eigenvalue weighted by Crippen LogP contribution is 2.59. The third kappa shape index (κ3) is 1.68. The van der Waals surface area contributed by atoms with E-state index in [1.165, 1.54) is 33.5 Å². The molecule has 2 N–H and O–H groups in total. The molecule has 1 aliphatic rings. The maximum absolute atomic E-state index is 13.3. The highest BCUT2D eigenvalue weighted by molar-refractivity contribution is 5.56. The van der Waals surface area contributed by atoms with Crippen molar-refractivity contribution in [2.45, 2.75) is 17.9 Å². The summed E-state index contributed by atoms with van der Waals surface area (Å²) in [6.45, 7) is 0. The summed E-state index contributed by atoms with van der Waals surface area (Å²) < 4.78 is 41.9. The van der Waals surface area contributed by atoms with Crippen molar-refractivity contribution in [1.82, 2.24) is 0 Å². The fraction of sp³-hybridized carbons (Fsp3) is 0.500. The second-order valence-electron chi connectivity index (χ2n) is 4.27. The maximum atomic E-state index is 13.3. The van der Waals surface area contributed by atoms with Gasteiger partial charge in [-0.05, 0) is 17.7 Å². The van der Waals surface area contributed by atoms with E-state index in [9.17, 15) is 8.78 Å². The lowest BCUT2D eigenvalue weighted by molar-refractivity contribution is 0.0890. The van der Waals surface area contributed by atoms with E-state index < -0.39 is 11.5 Å². The zero-order valence-corrected chi connectivity index (χ0v) is 10.4. The largest absolute Gasteiger partial charge is 0.493 e. The van der Waals surface area contributed by atoms with Crippen molar-refractivity contribution in [2.75, 3.05) is 21.3 Å². The van der Waals surface area contributed by atoms with Crippen LogP contribution in [0.2, 0.25) is 0 Å². The van der Waals surface area contributed by atoms with E-state index >= 15 is 0 Å². The van der Waals surface area contributed by atoms with Crippen LogP contribution in [0.3, 0.4) is 0 Å². The Labute approximate surface area is 104 Å². The molecule has 1 aliphatic carbocycles. The average Bonchev–Trinajstić information content (AvgIpc) is 2.87. The van der Waals surface area contributed by atoms with Crippen molar-refractivity contribution in [3.8, 4) is 17.2 Å². The van der Waals surface area contributed by atoms with Gasteiger partial charge in [-0.25, -0.2) is 8.78 Å². The predicted molar refractivity (Wildman–Crippen MR) is 61.5 cm³/mol. The topological polar surface area (TPSA) is 53.7 Å². The van der Waals surface area contributed by atoms with Gasteiger partial charge in [-0.2, -0.15) is 0 Å². The van der Waals surface area contributed by atoms with Crippen molar-refractivity contribution in [2.24, 2.45) is 5.73 Å². The number of hydrogen-bond acceptors (Lipinski definition) is 4. The summed E-state index contributed by atoms with van der Waals surface area (Å²) in [5.41, 5.74) is 4.32. The lowest BCUT2D eigenvalue weighted by atomic mass is 10.0. The van der Waals surface area contributed by atoms with Gasteiger partial charge in [-0.15, -0.1) is 0 Å². The molecule has 1 atom stereocenters. The molecule has 0 heterocycles. The number of ether oxygens (including phenoxy) is 3. The molecule has 4 nitrogen and oxygen atoms in total. The molecule has 0 spiro atoms. The van der Waals surface area contributed by atoms with Crippen LogP contribution in [0.4, 0.5) is 8.78 Å². The van der Waals surface area contributed by atoms with Gasteiger partial charge in [0, 0.05) is 6.42 Å². The highest BCUT2D eigenvalue weighted by Gasteiger charge is 2.70. The fourth-order valence-electron chi connectivity index (χ4n) is 1.96. The third-order valence-electron chi connectivity index (χ3n) is 3.21. The van der Waals surface area contributed by atoms with Crippen LogP contribution in [-0.2, 0) is 5.54 Å². The van der Waals surface area contributed by atoms with E-state index in [4.69, 9.17) is 19.9 Å². The Kier molecular flexibility index (Phi) is 2.85. The second kappa shape index (κ2) is 3.98. The minimum atomic E-state index is -2.89. The van der Waals surface area contributed by atoms with Crippen LogP contribution in [0.25, 0.3) is 0 Å². The molecule has 0 aromatic heterocycles. The normalized spacial score (nSPS) is 24.6. The van der Waals surface area contributed by atoms with Crippen molar-refractivity contribution in [1.29, 1.82) is 0 Å². The van der Waals surface area contributed by atoms with Gasteiger partial charge < -0.3 is 19.9 Å². The van der Waals surface area contributed by atoms with Gasteiger partial charge in [-0.1, -0.05) is 0 Å². The number of benzene rings is 1. The number of nitrogens with two attached hydrogens (primary N) is 1. The Morgan fingerprint density at radius 1 is 1.06 bits per heavy atom. The highest BCUT2D eigenvalue weighted by atomic mass is 19.3. The smallest absolute Gasteiger partial charge is 0.272 e. The summed E-state index contributed by atoms with van der Waals surface area (Å²) >= 11 is 0. The van der Waals surface area contributed by atoms with Crippen molar-refractivity contribution >= 4 is 0 Å². The van der Waals surface area contributed by atoms with Crippen molar-refractivity contribution < 1.29 is 23.0 Å². The number of rotatable bonds is 4. The second-order valence-corrected chi connectivity index (χ2v) is 4.27. The van der Waals surface area contributed by atoms with Gasteiger partial charge in [0.1, 0.15) is 5.54 Å².